The molecule has 10 heteroatoms. The molecule has 2 aromatic carbocycles. The van der Waals surface area contributed by atoms with Crippen LogP contribution in [-0.2, 0) is 5.75 Å². The van der Waals surface area contributed by atoms with E-state index in [1.165, 1.54) is 48.4 Å². The first-order valence-electron chi connectivity index (χ1n) is 8.00. The van der Waals surface area contributed by atoms with Gasteiger partial charge in [0, 0.05) is 5.75 Å². The number of ether oxygens (including phenoxy) is 2. The molecule has 0 aliphatic carbocycles. The first-order chi connectivity index (χ1) is 13.6. The molecule has 3 aromatic rings. The van der Waals surface area contributed by atoms with Gasteiger partial charge in [-0.25, -0.2) is 0 Å². The maximum atomic E-state index is 12.7. The Morgan fingerprint density at radius 3 is 2.68 bits per heavy atom. The van der Waals surface area contributed by atoms with Crippen molar-refractivity contribution in [3.63, 3.8) is 0 Å². The van der Waals surface area contributed by atoms with E-state index in [4.69, 9.17) is 4.74 Å². The quantitative estimate of drug-likeness (QED) is 0.419. The fraction of sp³-hybridized carbons (Fsp3) is 0.167. The number of rotatable bonds is 8. The number of hydrogen-bond donors (Lipinski definition) is 1. The highest BCUT2D eigenvalue weighted by Crippen LogP contribution is 2.34. The average molecular weight is 423 g/mol. The normalized spacial score (nSPS) is 10.7. The van der Waals surface area contributed by atoms with E-state index >= 15 is 0 Å². The summed E-state index contributed by atoms with van der Waals surface area (Å²) < 4.78 is 35.5. The molecule has 0 aliphatic heterocycles. The summed E-state index contributed by atoms with van der Waals surface area (Å²) in [7, 11) is 1.30. The van der Waals surface area contributed by atoms with Gasteiger partial charge in [0.15, 0.2) is 15.8 Å². The Morgan fingerprint density at radius 2 is 1.96 bits per heavy atom. The number of anilines is 1. The second-order valence-corrected chi connectivity index (χ2v) is 7.52. The zero-order valence-electron chi connectivity index (χ0n) is 14.6. The minimum atomic E-state index is -3.09. The summed E-state index contributed by atoms with van der Waals surface area (Å²) in [6.07, 6.45) is 0. The van der Waals surface area contributed by atoms with Crippen molar-refractivity contribution < 1.29 is 23.0 Å². The zero-order valence-corrected chi connectivity index (χ0v) is 16.2. The van der Waals surface area contributed by atoms with Gasteiger partial charge in [-0.2, -0.15) is 8.78 Å². The number of alkyl halides is 2. The standard InChI is InChI=1S/C18H15F2N3O3S2/c1-25-13-9-5-8-12(14(13)26-16(19)20)15(24)21-17-22-23-18(28-17)27-10-11-6-3-2-4-7-11/h2-9,16H,10H2,1H3,(H,21,22,24). The van der Waals surface area contributed by atoms with Crippen LogP contribution in [0.2, 0.25) is 0 Å². The van der Waals surface area contributed by atoms with E-state index in [1.54, 1.807) is 0 Å². The fourth-order valence-corrected chi connectivity index (χ4v) is 3.97. The van der Waals surface area contributed by atoms with Crippen molar-refractivity contribution in [1.82, 2.24) is 10.2 Å². The minimum absolute atomic E-state index is 0.0318. The van der Waals surface area contributed by atoms with Crippen LogP contribution in [0.3, 0.4) is 0 Å². The number of methoxy groups -OCH3 is 1. The number of thioether (sulfide) groups is 1. The summed E-state index contributed by atoms with van der Waals surface area (Å²) in [5.74, 6) is -0.235. The molecule has 0 aliphatic rings. The second-order valence-electron chi connectivity index (χ2n) is 5.32. The SMILES string of the molecule is COc1cccc(C(=O)Nc2nnc(SCc3ccccc3)s2)c1OC(F)F. The van der Waals surface area contributed by atoms with Crippen molar-refractivity contribution in [1.29, 1.82) is 0 Å². The lowest BCUT2D eigenvalue weighted by molar-refractivity contribution is -0.0515. The second kappa shape index (κ2) is 9.47. The Morgan fingerprint density at radius 1 is 1.18 bits per heavy atom. The van der Waals surface area contributed by atoms with Crippen molar-refractivity contribution in [2.75, 3.05) is 12.4 Å². The molecule has 0 saturated carbocycles. The molecule has 1 aromatic heterocycles. The van der Waals surface area contributed by atoms with E-state index in [1.807, 2.05) is 30.3 Å². The Bertz CT molecular complexity index is 939. The van der Waals surface area contributed by atoms with Gasteiger partial charge in [-0.05, 0) is 17.7 Å². The van der Waals surface area contributed by atoms with E-state index in [2.05, 4.69) is 20.3 Å². The molecule has 1 N–H and O–H groups in total. The number of amides is 1. The number of carbonyl (C=O) groups excluding carboxylic acids is 1. The maximum absolute atomic E-state index is 12.7. The molecule has 0 atom stereocenters. The first kappa shape index (κ1) is 20.0. The van der Waals surface area contributed by atoms with Gasteiger partial charge >= 0.3 is 6.61 Å². The third-order valence-corrected chi connectivity index (χ3v) is 5.53. The average Bonchev–Trinajstić information content (AvgIpc) is 3.14. The maximum Gasteiger partial charge on any atom is 0.387 e. The Hall–Kier alpha value is -2.72. The summed E-state index contributed by atoms with van der Waals surface area (Å²) in [5.41, 5.74) is 1.05. The van der Waals surface area contributed by atoms with Crippen molar-refractivity contribution in [3.8, 4) is 11.5 Å². The van der Waals surface area contributed by atoms with Crippen LogP contribution in [0.1, 0.15) is 15.9 Å². The van der Waals surface area contributed by atoms with Crippen molar-refractivity contribution >= 4 is 34.1 Å². The van der Waals surface area contributed by atoms with E-state index < -0.39 is 12.5 Å². The lowest BCUT2D eigenvalue weighted by Crippen LogP contribution is -2.15. The number of nitrogens with one attached hydrogen (secondary N) is 1. The topological polar surface area (TPSA) is 73.3 Å². The Balaban J connectivity index is 1.69. The molecule has 0 saturated heterocycles. The van der Waals surface area contributed by atoms with Gasteiger partial charge in [0.2, 0.25) is 5.13 Å². The molecule has 1 amide bonds. The predicted octanol–water partition coefficient (Wildman–Crippen LogP) is 4.69. The lowest BCUT2D eigenvalue weighted by atomic mass is 10.1. The van der Waals surface area contributed by atoms with Gasteiger partial charge in [-0.15, -0.1) is 10.2 Å². The Labute approximate surface area is 167 Å². The number of para-hydroxylation sites is 1. The van der Waals surface area contributed by atoms with Crippen LogP contribution < -0.4 is 14.8 Å². The number of halogens is 2. The van der Waals surface area contributed by atoms with Crippen LogP contribution in [0.4, 0.5) is 13.9 Å². The van der Waals surface area contributed by atoms with Crippen LogP contribution in [0.25, 0.3) is 0 Å². The molecular weight excluding hydrogens is 408 g/mol. The van der Waals surface area contributed by atoms with Crippen LogP contribution in [0.5, 0.6) is 11.5 Å². The highest BCUT2D eigenvalue weighted by atomic mass is 32.2. The van der Waals surface area contributed by atoms with Gasteiger partial charge in [0.1, 0.15) is 0 Å². The van der Waals surface area contributed by atoms with Crippen molar-refractivity contribution in [2.24, 2.45) is 0 Å². The molecule has 3 rings (SSSR count). The molecule has 0 fully saturated rings. The number of hydrogen-bond acceptors (Lipinski definition) is 7. The largest absolute Gasteiger partial charge is 0.493 e. The third-order valence-electron chi connectivity index (χ3n) is 3.48. The summed E-state index contributed by atoms with van der Waals surface area (Å²) >= 11 is 2.68. The minimum Gasteiger partial charge on any atom is -0.493 e. The fourth-order valence-electron chi connectivity index (χ4n) is 2.27. The van der Waals surface area contributed by atoms with Gasteiger partial charge in [0.05, 0.1) is 12.7 Å². The molecule has 0 bridgehead atoms. The van der Waals surface area contributed by atoms with E-state index in [0.29, 0.717) is 10.1 Å². The van der Waals surface area contributed by atoms with Crippen LogP contribution in [0.15, 0.2) is 52.9 Å². The van der Waals surface area contributed by atoms with Crippen molar-refractivity contribution in [2.45, 2.75) is 16.7 Å². The summed E-state index contributed by atoms with van der Waals surface area (Å²) in [6, 6.07) is 14.2. The van der Waals surface area contributed by atoms with Crippen LogP contribution >= 0.6 is 23.1 Å². The van der Waals surface area contributed by atoms with E-state index in [0.717, 1.165) is 5.56 Å². The first-order valence-corrected chi connectivity index (χ1v) is 9.80. The zero-order chi connectivity index (χ0) is 19.9. The summed E-state index contributed by atoms with van der Waals surface area (Å²) in [4.78, 5) is 12.5. The molecule has 0 radical (unpaired) electrons. The van der Waals surface area contributed by atoms with Gasteiger partial charge in [-0.3, -0.25) is 10.1 Å². The molecule has 0 unspecified atom stereocenters. The number of aromatic nitrogens is 2. The molecule has 1 heterocycles. The highest BCUT2D eigenvalue weighted by molar-refractivity contribution is 8.00. The number of benzene rings is 2. The molecule has 28 heavy (non-hydrogen) atoms. The Kier molecular flexibility index (Phi) is 6.77. The lowest BCUT2D eigenvalue weighted by Gasteiger charge is -2.13. The third kappa shape index (κ3) is 5.17. The number of nitrogens with zero attached hydrogens (tertiary/aromatic N) is 2. The summed E-state index contributed by atoms with van der Waals surface area (Å²) in [5, 5.41) is 10.8. The monoisotopic (exact) mass is 423 g/mol. The summed E-state index contributed by atoms with van der Waals surface area (Å²) in [6.45, 7) is -3.09. The van der Waals surface area contributed by atoms with Gasteiger partial charge in [-0.1, -0.05) is 59.5 Å². The molecular formula is C18H15F2N3O3S2. The van der Waals surface area contributed by atoms with Crippen molar-refractivity contribution in [3.05, 3.63) is 59.7 Å². The predicted molar refractivity (Wildman–Crippen MR) is 103 cm³/mol. The van der Waals surface area contributed by atoms with Gasteiger partial charge < -0.3 is 9.47 Å². The van der Waals surface area contributed by atoms with Crippen LogP contribution in [0, 0.1) is 0 Å². The van der Waals surface area contributed by atoms with Crippen LogP contribution in [-0.4, -0.2) is 29.8 Å². The van der Waals surface area contributed by atoms with E-state index in [-0.39, 0.29) is 22.2 Å². The molecule has 146 valence electrons. The molecule has 6 nitrogen and oxygen atoms in total. The van der Waals surface area contributed by atoms with E-state index in [9.17, 15) is 13.6 Å². The van der Waals surface area contributed by atoms with Gasteiger partial charge in [0.25, 0.3) is 5.91 Å². The number of carbonyl (C=O) groups is 1. The molecule has 0 spiro atoms. The smallest absolute Gasteiger partial charge is 0.387 e. The highest BCUT2D eigenvalue weighted by Gasteiger charge is 2.21.